The molecule has 5 nitrogen and oxygen atoms in total. The zero-order valence-corrected chi connectivity index (χ0v) is 7.37. The number of hydrogen-bond acceptors (Lipinski definition) is 4. The van der Waals surface area contributed by atoms with E-state index in [4.69, 9.17) is 0 Å². The maximum atomic E-state index is 11.7. The van der Waals surface area contributed by atoms with Gasteiger partial charge in [0.2, 0.25) is 10.0 Å². The van der Waals surface area contributed by atoms with Crippen molar-refractivity contribution in [1.29, 1.82) is 0 Å². The van der Waals surface area contributed by atoms with E-state index in [1.54, 1.807) is 0 Å². The van der Waals surface area contributed by atoms with Gasteiger partial charge in [0.1, 0.15) is 0 Å². The van der Waals surface area contributed by atoms with E-state index in [2.05, 4.69) is 0 Å². The summed E-state index contributed by atoms with van der Waals surface area (Å²) in [6.45, 7) is -0.433. The third-order valence-corrected chi connectivity index (χ3v) is 2.13. The fourth-order valence-corrected chi connectivity index (χ4v) is 1.30. The van der Waals surface area contributed by atoms with Crippen molar-refractivity contribution < 1.29 is 20.7 Å². The van der Waals surface area contributed by atoms with Crippen LogP contribution >= 0.6 is 0 Å². The van der Waals surface area contributed by atoms with Crippen LogP contribution in [-0.4, -0.2) is 35.4 Å². The second kappa shape index (κ2) is 3.46. The molecule has 0 aliphatic heterocycles. The van der Waals surface area contributed by atoms with Gasteiger partial charge in [-0.2, -0.15) is 8.42 Å². The highest BCUT2D eigenvalue weighted by atomic mass is 32.3. The maximum Gasteiger partial charge on any atom is 0.303 e. The van der Waals surface area contributed by atoms with Crippen molar-refractivity contribution in [2.45, 2.75) is 0 Å². The molecule has 0 aromatic carbocycles. The number of halogens is 1. The van der Waals surface area contributed by atoms with Gasteiger partial charge in [0, 0.05) is 6.54 Å². The topological polar surface area (TPSA) is 80.3 Å². The lowest BCUT2D eigenvalue weighted by Gasteiger charge is -1.97. The van der Waals surface area contributed by atoms with Crippen molar-refractivity contribution in [2.24, 2.45) is 0 Å². The second-order valence-corrected chi connectivity index (χ2v) is 5.23. The summed E-state index contributed by atoms with van der Waals surface area (Å²) in [7, 11) is -8.00. The number of hydrogen-bond donors (Lipinski definition) is 1. The molecule has 0 spiro atoms. The Morgan fingerprint density at radius 2 is 1.73 bits per heavy atom. The summed E-state index contributed by atoms with van der Waals surface area (Å²) in [6.07, 6.45) is 0.859. The largest absolute Gasteiger partial charge is 0.303 e. The fraction of sp³-hybridized carbons (Fsp3) is 1.00. The van der Waals surface area contributed by atoms with Crippen LogP contribution in [0.5, 0.6) is 0 Å². The molecule has 11 heavy (non-hydrogen) atoms. The minimum absolute atomic E-state index is 0.433. The predicted octanol–water partition coefficient (Wildman–Crippen LogP) is -1.17. The molecule has 1 N–H and O–H groups in total. The summed E-state index contributed by atoms with van der Waals surface area (Å²) in [5.41, 5.74) is 0. The molecule has 0 fully saturated rings. The van der Waals surface area contributed by atoms with Gasteiger partial charge < -0.3 is 0 Å². The molecule has 0 amide bonds. The van der Waals surface area contributed by atoms with E-state index in [1.807, 2.05) is 4.72 Å². The average Bonchev–Trinajstić information content (AvgIpc) is 1.55. The van der Waals surface area contributed by atoms with Crippen molar-refractivity contribution >= 4 is 20.2 Å². The van der Waals surface area contributed by atoms with Crippen molar-refractivity contribution in [1.82, 2.24) is 4.72 Å². The zero-order chi connectivity index (χ0) is 9.12. The van der Waals surface area contributed by atoms with Crippen LogP contribution < -0.4 is 4.72 Å². The van der Waals surface area contributed by atoms with Gasteiger partial charge in [-0.25, -0.2) is 13.1 Å². The molecule has 0 rings (SSSR count). The number of rotatable bonds is 4. The SMILES string of the molecule is CS(=O)(=O)NCCS(=O)(=O)F. The van der Waals surface area contributed by atoms with Crippen LogP contribution in [0.2, 0.25) is 0 Å². The molecular weight excluding hydrogens is 197 g/mol. The van der Waals surface area contributed by atoms with Gasteiger partial charge >= 0.3 is 10.2 Å². The van der Waals surface area contributed by atoms with E-state index in [9.17, 15) is 20.7 Å². The molecule has 0 unspecified atom stereocenters. The second-order valence-electron chi connectivity index (χ2n) is 1.91. The summed E-state index contributed by atoms with van der Waals surface area (Å²) >= 11 is 0. The highest BCUT2D eigenvalue weighted by molar-refractivity contribution is 7.89. The van der Waals surface area contributed by atoms with Gasteiger partial charge in [-0.1, -0.05) is 0 Å². The van der Waals surface area contributed by atoms with E-state index in [0.29, 0.717) is 0 Å². The molecule has 68 valence electrons. The van der Waals surface area contributed by atoms with Crippen molar-refractivity contribution in [3.63, 3.8) is 0 Å². The Labute approximate surface area is 64.9 Å². The van der Waals surface area contributed by atoms with Crippen LogP contribution in [0.15, 0.2) is 0 Å². The first-order valence-corrected chi connectivity index (χ1v) is 6.02. The van der Waals surface area contributed by atoms with Gasteiger partial charge in [0.15, 0.2) is 0 Å². The van der Waals surface area contributed by atoms with E-state index < -0.39 is 32.5 Å². The highest BCUT2D eigenvalue weighted by Gasteiger charge is 2.08. The Morgan fingerprint density at radius 3 is 2.00 bits per heavy atom. The first-order valence-electron chi connectivity index (χ1n) is 2.58. The third-order valence-electron chi connectivity index (χ3n) is 0.710. The molecule has 0 aromatic rings. The van der Waals surface area contributed by atoms with Gasteiger partial charge in [-0.15, -0.1) is 3.89 Å². The van der Waals surface area contributed by atoms with Gasteiger partial charge in [-0.05, 0) is 0 Å². The summed E-state index contributed by atoms with van der Waals surface area (Å²) in [5, 5.41) is 0. The molecule has 0 saturated carbocycles. The highest BCUT2D eigenvalue weighted by Crippen LogP contribution is 1.88. The lowest BCUT2D eigenvalue weighted by Crippen LogP contribution is -2.26. The summed E-state index contributed by atoms with van der Waals surface area (Å²) < 4.78 is 53.7. The van der Waals surface area contributed by atoms with Crippen molar-refractivity contribution in [2.75, 3.05) is 18.6 Å². The molecular formula is C3H8FNO4S2. The molecule has 0 heterocycles. The molecule has 0 atom stereocenters. The van der Waals surface area contributed by atoms with E-state index in [-0.39, 0.29) is 0 Å². The minimum Gasteiger partial charge on any atom is -0.214 e. The van der Waals surface area contributed by atoms with Crippen LogP contribution in [0.4, 0.5) is 3.89 Å². The number of nitrogens with one attached hydrogen (secondary N) is 1. The summed E-state index contributed by atoms with van der Waals surface area (Å²) in [5.74, 6) is -0.833. The quantitative estimate of drug-likeness (QED) is 0.587. The lowest BCUT2D eigenvalue weighted by atomic mass is 10.8. The maximum absolute atomic E-state index is 11.7. The molecule has 0 radical (unpaired) electrons. The third kappa shape index (κ3) is 9.79. The average molecular weight is 205 g/mol. The molecule has 0 aromatic heterocycles. The van der Waals surface area contributed by atoms with Crippen LogP contribution in [0.25, 0.3) is 0 Å². The number of sulfonamides is 1. The Bertz CT molecular complexity index is 272. The van der Waals surface area contributed by atoms with E-state index in [1.165, 1.54) is 0 Å². The first kappa shape index (κ1) is 10.8. The minimum atomic E-state index is -4.57. The predicted molar refractivity (Wildman–Crippen MR) is 37.7 cm³/mol. The van der Waals surface area contributed by atoms with Gasteiger partial charge in [0.25, 0.3) is 0 Å². The summed E-state index contributed by atoms with van der Waals surface area (Å²) in [4.78, 5) is 0. The Kier molecular flexibility index (Phi) is 3.39. The smallest absolute Gasteiger partial charge is 0.214 e. The van der Waals surface area contributed by atoms with Crippen LogP contribution in [0, 0.1) is 0 Å². The zero-order valence-electron chi connectivity index (χ0n) is 5.74. The van der Waals surface area contributed by atoms with Gasteiger partial charge in [0.05, 0.1) is 12.0 Å². The van der Waals surface area contributed by atoms with Crippen LogP contribution in [0.1, 0.15) is 0 Å². The Morgan fingerprint density at radius 1 is 1.27 bits per heavy atom. The summed E-state index contributed by atoms with van der Waals surface area (Å²) in [6, 6.07) is 0. The first-order chi connectivity index (χ1) is 4.71. The van der Waals surface area contributed by atoms with Crippen molar-refractivity contribution in [3.05, 3.63) is 0 Å². The Hall–Kier alpha value is -0.210. The standard InChI is InChI=1S/C3H8FNO4S2/c1-10(6,7)5-2-3-11(4,8)9/h5H,2-3H2,1H3. The van der Waals surface area contributed by atoms with E-state index in [0.717, 1.165) is 6.26 Å². The molecule has 0 saturated heterocycles. The molecule has 0 bridgehead atoms. The lowest BCUT2D eigenvalue weighted by molar-refractivity contribution is 0.550. The molecule has 0 aliphatic carbocycles. The molecule has 8 heteroatoms. The normalized spacial score (nSPS) is 13.3. The van der Waals surface area contributed by atoms with E-state index >= 15 is 0 Å². The van der Waals surface area contributed by atoms with Gasteiger partial charge in [-0.3, -0.25) is 0 Å². The fourth-order valence-electron chi connectivity index (χ4n) is 0.349. The van der Waals surface area contributed by atoms with Crippen molar-refractivity contribution in [3.8, 4) is 0 Å². The molecule has 0 aliphatic rings. The van der Waals surface area contributed by atoms with Crippen LogP contribution in [0.3, 0.4) is 0 Å². The monoisotopic (exact) mass is 205 g/mol. The van der Waals surface area contributed by atoms with Crippen LogP contribution in [-0.2, 0) is 20.2 Å². The Balaban J connectivity index is 3.79.